The molecule has 5 rings (SSSR count). The maximum Gasteiger partial charge on any atom is 0.363 e. The summed E-state index contributed by atoms with van der Waals surface area (Å²) in [5.74, 6) is 0.568. The number of esters is 1. The van der Waals surface area contributed by atoms with Gasteiger partial charge in [0, 0.05) is 5.56 Å². The van der Waals surface area contributed by atoms with Gasteiger partial charge in [0.15, 0.2) is 5.70 Å². The van der Waals surface area contributed by atoms with E-state index < -0.39 is 5.97 Å². The van der Waals surface area contributed by atoms with Gasteiger partial charge in [0.1, 0.15) is 12.4 Å². The zero-order valence-electron chi connectivity index (χ0n) is 18.8. The van der Waals surface area contributed by atoms with Crippen molar-refractivity contribution in [2.24, 2.45) is 4.99 Å². The van der Waals surface area contributed by atoms with Gasteiger partial charge in [-0.25, -0.2) is 9.79 Å². The molecule has 0 saturated carbocycles. The van der Waals surface area contributed by atoms with E-state index in [1.807, 2.05) is 78.9 Å². The number of benzene rings is 4. The molecule has 4 heteroatoms. The van der Waals surface area contributed by atoms with E-state index in [1.54, 1.807) is 6.08 Å². The minimum atomic E-state index is -0.465. The molecule has 1 aliphatic heterocycles. The van der Waals surface area contributed by atoms with Crippen LogP contribution >= 0.6 is 0 Å². The molecule has 1 aliphatic rings. The first kappa shape index (κ1) is 21.4. The van der Waals surface area contributed by atoms with Gasteiger partial charge in [0.05, 0.1) is 0 Å². The predicted octanol–water partition coefficient (Wildman–Crippen LogP) is 6.59. The molecular weight excluding hydrogens is 422 g/mol. The number of ether oxygens (including phenoxy) is 2. The third-order valence-electron chi connectivity index (χ3n) is 5.51. The number of cyclic esters (lactones) is 1. The fourth-order valence-corrected chi connectivity index (χ4v) is 3.79. The molecule has 4 aromatic carbocycles. The molecule has 0 saturated heterocycles. The molecule has 0 aromatic heterocycles. The second-order valence-electron chi connectivity index (χ2n) is 8.13. The van der Waals surface area contributed by atoms with Crippen molar-refractivity contribution in [3.05, 3.63) is 131 Å². The fourth-order valence-electron chi connectivity index (χ4n) is 3.79. The summed E-state index contributed by atoms with van der Waals surface area (Å²) in [5.41, 5.74) is 6.36. The van der Waals surface area contributed by atoms with Crippen molar-refractivity contribution in [3.63, 3.8) is 0 Å². The van der Waals surface area contributed by atoms with Gasteiger partial charge in [0.2, 0.25) is 5.90 Å². The normalized spacial score (nSPS) is 14.1. The van der Waals surface area contributed by atoms with E-state index in [9.17, 15) is 4.79 Å². The van der Waals surface area contributed by atoms with Crippen LogP contribution in [-0.2, 0) is 16.1 Å². The predicted molar refractivity (Wildman–Crippen MR) is 134 cm³/mol. The number of nitrogens with zero attached hydrogens (tertiary/aromatic N) is 1. The number of rotatable bonds is 6. The highest BCUT2D eigenvalue weighted by Gasteiger charge is 2.24. The molecule has 166 valence electrons. The molecule has 0 aliphatic carbocycles. The minimum absolute atomic E-state index is 0.262. The summed E-state index contributed by atoms with van der Waals surface area (Å²) in [6.45, 7) is 2.54. The summed E-state index contributed by atoms with van der Waals surface area (Å²) in [4.78, 5) is 16.9. The average Bonchev–Trinajstić information content (AvgIpc) is 3.23. The van der Waals surface area contributed by atoms with Crippen LogP contribution in [-0.4, -0.2) is 11.9 Å². The van der Waals surface area contributed by atoms with E-state index in [0.717, 1.165) is 33.6 Å². The molecule has 4 aromatic rings. The summed E-state index contributed by atoms with van der Waals surface area (Å²) < 4.78 is 11.4. The summed E-state index contributed by atoms with van der Waals surface area (Å²) in [7, 11) is 0. The molecule has 0 bridgehead atoms. The molecule has 0 N–H and O–H groups in total. The highest BCUT2D eigenvalue weighted by atomic mass is 16.6. The van der Waals surface area contributed by atoms with Gasteiger partial charge in [-0.2, -0.15) is 0 Å². The van der Waals surface area contributed by atoms with Gasteiger partial charge in [-0.1, -0.05) is 84.4 Å². The number of carbonyl (C=O) groups is 1. The van der Waals surface area contributed by atoms with Crippen molar-refractivity contribution < 1.29 is 14.3 Å². The Balaban J connectivity index is 1.31. The molecule has 0 amide bonds. The Morgan fingerprint density at radius 3 is 2.32 bits per heavy atom. The van der Waals surface area contributed by atoms with E-state index in [0.29, 0.717) is 12.5 Å². The summed E-state index contributed by atoms with van der Waals surface area (Å²) >= 11 is 0. The summed E-state index contributed by atoms with van der Waals surface area (Å²) in [6.07, 6.45) is 1.72. The average molecular weight is 446 g/mol. The van der Waals surface area contributed by atoms with Crippen molar-refractivity contribution in [1.82, 2.24) is 0 Å². The van der Waals surface area contributed by atoms with Gasteiger partial charge in [-0.05, 0) is 59.5 Å². The first-order chi connectivity index (χ1) is 16.6. The lowest BCUT2D eigenvalue weighted by Gasteiger charge is -2.07. The van der Waals surface area contributed by atoms with Gasteiger partial charge < -0.3 is 9.47 Å². The largest absolute Gasteiger partial charge is 0.489 e. The van der Waals surface area contributed by atoms with Crippen LogP contribution in [0.5, 0.6) is 5.75 Å². The highest BCUT2D eigenvalue weighted by Crippen LogP contribution is 2.24. The number of hydrogen-bond donors (Lipinski definition) is 0. The van der Waals surface area contributed by atoms with Gasteiger partial charge in [0.25, 0.3) is 0 Å². The van der Waals surface area contributed by atoms with Crippen LogP contribution in [0.1, 0.15) is 22.3 Å². The zero-order chi connectivity index (χ0) is 23.3. The van der Waals surface area contributed by atoms with Gasteiger partial charge >= 0.3 is 5.97 Å². The zero-order valence-corrected chi connectivity index (χ0v) is 18.8. The van der Waals surface area contributed by atoms with Crippen molar-refractivity contribution in [2.75, 3.05) is 0 Å². The molecule has 4 nitrogen and oxygen atoms in total. The van der Waals surface area contributed by atoms with E-state index in [2.05, 4.69) is 36.2 Å². The highest BCUT2D eigenvalue weighted by molar-refractivity contribution is 6.13. The molecular formula is C30H23NO3. The summed E-state index contributed by atoms with van der Waals surface area (Å²) in [6, 6.07) is 33.7. The third-order valence-corrected chi connectivity index (χ3v) is 5.51. The van der Waals surface area contributed by atoms with Gasteiger partial charge in [-0.3, -0.25) is 0 Å². The quantitative estimate of drug-likeness (QED) is 0.249. The maximum atomic E-state index is 12.4. The molecule has 0 radical (unpaired) electrons. The number of carbonyl (C=O) groups excluding carboxylic acids is 1. The van der Waals surface area contributed by atoms with Gasteiger partial charge in [-0.15, -0.1) is 0 Å². The second kappa shape index (κ2) is 9.59. The number of aryl methyl sites for hydroxylation is 1. The smallest absolute Gasteiger partial charge is 0.363 e. The molecule has 0 atom stereocenters. The van der Waals surface area contributed by atoms with E-state index in [4.69, 9.17) is 9.47 Å². The van der Waals surface area contributed by atoms with Crippen LogP contribution in [0.25, 0.3) is 17.2 Å². The Hall–Kier alpha value is -4.44. The Morgan fingerprint density at radius 1 is 0.794 bits per heavy atom. The van der Waals surface area contributed by atoms with Crippen LogP contribution in [0.3, 0.4) is 0 Å². The van der Waals surface area contributed by atoms with Crippen molar-refractivity contribution in [1.29, 1.82) is 0 Å². The van der Waals surface area contributed by atoms with Crippen molar-refractivity contribution >= 4 is 17.9 Å². The van der Waals surface area contributed by atoms with Crippen LogP contribution in [0.2, 0.25) is 0 Å². The van der Waals surface area contributed by atoms with Crippen LogP contribution in [0, 0.1) is 6.92 Å². The van der Waals surface area contributed by atoms with E-state index in [-0.39, 0.29) is 5.70 Å². The second-order valence-corrected chi connectivity index (χ2v) is 8.13. The lowest BCUT2D eigenvalue weighted by molar-refractivity contribution is -0.129. The van der Waals surface area contributed by atoms with Crippen LogP contribution in [0.4, 0.5) is 0 Å². The lowest BCUT2D eigenvalue weighted by atomic mass is 10.0. The standard InChI is InChI=1S/C30H23NO3/c1-21-7-5-9-23(17-21)20-33-27-12-6-8-22(18-27)19-28-30(32)34-29(31-28)26-15-13-25(14-16-26)24-10-3-2-4-11-24/h2-19H,20H2,1H3/b28-19-. The van der Waals surface area contributed by atoms with Crippen molar-refractivity contribution in [3.8, 4) is 16.9 Å². The molecule has 0 unspecified atom stereocenters. The van der Waals surface area contributed by atoms with Crippen LogP contribution in [0.15, 0.2) is 114 Å². The minimum Gasteiger partial charge on any atom is -0.489 e. The Kier molecular flexibility index (Phi) is 6.04. The van der Waals surface area contributed by atoms with Crippen molar-refractivity contribution in [2.45, 2.75) is 13.5 Å². The Bertz CT molecular complexity index is 1390. The fraction of sp³-hybridized carbons (Fsp3) is 0.0667. The Morgan fingerprint density at radius 2 is 1.53 bits per heavy atom. The third kappa shape index (κ3) is 4.97. The molecule has 34 heavy (non-hydrogen) atoms. The van der Waals surface area contributed by atoms with Crippen LogP contribution < -0.4 is 4.74 Å². The Labute approximate surface area is 198 Å². The topological polar surface area (TPSA) is 47.9 Å². The maximum absolute atomic E-state index is 12.4. The van der Waals surface area contributed by atoms with E-state index >= 15 is 0 Å². The number of hydrogen-bond acceptors (Lipinski definition) is 4. The molecule has 1 heterocycles. The van der Waals surface area contributed by atoms with E-state index in [1.165, 1.54) is 5.56 Å². The molecule has 0 fully saturated rings. The first-order valence-electron chi connectivity index (χ1n) is 11.1. The SMILES string of the molecule is Cc1cccc(COc2cccc(/C=C3\N=C(c4ccc(-c5ccccc5)cc4)OC3=O)c2)c1. The lowest BCUT2D eigenvalue weighted by Crippen LogP contribution is -2.05. The first-order valence-corrected chi connectivity index (χ1v) is 11.1. The monoisotopic (exact) mass is 445 g/mol. The molecule has 0 spiro atoms. The number of aliphatic imine (C=N–C) groups is 1. The summed E-state index contributed by atoms with van der Waals surface area (Å²) in [5, 5.41) is 0.